The molecule has 14 heavy (non-hydrogen) atoms. The second kappa shape index (κ2) is 3.54. The minimum Gasteiger partial charge on any atom is -0.329 e. The first kappa shape index (κ1) is 9.97. The highest BCUT2D eigenvalue weighted by molar-refractivity contribution is 6.30. The van der Waals surface area contributed by atoms with Crippen molar-refractivity contribution < 1.29 is 0 Å². The minimum absolute atomic E-state index is 0.225. The van der Waals surface area contributed by atoms with Crippen LogP contribution in [0.25, 0.3) is 0 Å². The van der Waals surface area contributed by atoms with Gasteiger partial charge in [0.25, 0.3) is 0 Å². The number of aryl methyl sites for hydroxylation is 1. The molecule has 4 N–H and O–H groups in total. The third-order valence-corrected chi connectivity index (χ3v) is 3.24. The molecule has 2 rings (SSSR count). The van der Waals surface area contributed by atoms with Crippen molar-refractivity contribution in [3.8, 4) is 0 Å². The molecule has 76 valence electrons. The van der Waals surface area contributed by atoms with Gasteiger partial charge in [-0.05, 0) is 42.5 Å². The molecule has 0 amide bonds. The summed E-state index contributed by atoms with van der Waals surface area (Å²) in [5.41, 5.74) is 14.2. The highest BCUT2D eigenvalue weighted by atomic mass is 35.5. The van der Waals surface area contributed by atoms with Crippen LogP contribution in [0.1, 0.15) is 17.5 Å². The van der Waals surface area contributed by atoms with Gasteiger partial charge < -0.3 is 11.5 Å². The number of hydrogen-bond donors (Lipinski definition) is 2. The van der Waals surface area contributed by atoms with E-state index in [1.807, 2.05) is 12.1 Å². The van der Waals surface area contributed by atoms with Gasteiger partial charge in [-0.15, -0.1) is 0 Å². The van der Waals surface area contributed by atoms with E-state index in [0.29, 0.717) is 6.54 Å². The Hall–Kier alpha value is -0.570. The normalized spacial score (nSPS) is 25.9. The van der Waals surface area contributed by atoms with Crippen molar-refractivity contribution in [2.75, 3.05) is 6.54 Å². The molecule has 3 heteroatoms. The zero-order valence-electron chi connectivity index (χ0n) is 8.09. The van der Waals surface area contributed by atoms with Crippen molar-refractivity contribution in [2.24, 2.45) is 11.5 Å². The molecule has 0 spiro atoms. The van der Waals surface area contributed by atoms with Gasteiger partial charge in [-0.1, -0.05) is 17.7 Å². The Morgan fingerprint density at radius 3 is 2.86 bits per heavy atom. The van der Waals surface area contributed by atoms with Gasteiger partial charge in [0.05, 0.1) is 0 Å². The maximum Gasteiger partial charge on any atom is 0.0408 e. The Labute approximate surface area is 89.2 Å². The third-order valence-electron chi connectivity index (χ3n) is 3.01. The monoisotopic (exact) mass is 210 g/mol. The van der Waals surface area contributed by atoms with Crippen LogP contribution < -0.4 is 11.5 Å². The number of halogens is 1. The van der Waals surface area contributed by atoms with Gasteiger partial charge in [0.2, 0.25) is 0 Å². The van der Waals surface area contributed by atoms with Gasteiger partial charge in [-0.3, -0.25) is 0 Å². The topological polar surface area (TPSA) is 52.0 Å². The fraction of sp³-hybridized carbons (Fsp3) is 0.455. The summed E-state index contributed by atoms with van der Waals surface area (Å²) in [6.45, 7) is 0.541. The number of fused-ring (bicyclic) bond motifs is 1. The fourth-order valence-electron chi connectivity index (χ4n) is 2.03. The molecular formula is C11H15ClN2. The first-order valence-corrected chi connectivity index (χ1v) is 5.27. The highest BCUT2D eigenvalue weighted by Gasteiger charge is 2.28. The molecule has 1 aromatic rings. The smallest absolute Gasteiger partial charge is 0.0408 e. The number of nitrogens with two attached hydrogens (primary N) is 2. The van der Waals surface area contributed by atoms with Crippen LogP contribution in [0.4, 0.5) is 0 Å². The van der Waals surface area contributed by atoms with E-state index >= 15 is 0 Å². The molecule has 0 aliphatic heterocycles. The van der Waals surface area contributed by atoms with Crippen LogP contribution in [0.5, 0.6) is 0 Å². The number of benzene rings is 1. The minimum atomic E-state index is -0.225. The van der Waals surface area contributed by atoms with Crippen LogP contribution >= 0.6 is 11.6 Å². The van der Waals surface area contributed by atoms with Crippen molar-refractivity contribution in [2.45, 2.75) is 24.8 Å². The molecule has 1 unspecified atom stereocenters. The van der Waals surface area contributed by atoms with E-state index in [1.54, 1.807) is 0 Å². The summed E-state index contributed by atoms with van der Waals surface area (Å²) in [7, 11) is 0. The summed E-state index contributed by atoms with van der Waals surface area (Å²) in [4.78, 5) is 0. The molecule has 0 radical (unpaired) electrons. The highest BCUT2D eigenvalue weighted by Crippen LogP contribution is 2.28. The SMILES string of the molecule is NCC1(N)CCc2ccc(Cl)cc2C1. The summed E-state index contributed by atoms with van der Waals surface area (Å²) in [5.74, 6) is 0. The zero-order chi connectivity index (χ0) is 10.2. The van der Waals surface area contributed by atoms with Crippen LogP contribution in [-0.4, -0.2) is 12.1 Å². The summed E-state index contributed by atoms with van der Waals surface area (Å²) < 4.78 is 0. The molecular weight excluding hydrogens is 196 g/mol. The lowest BCUT2D eigenvalue weighted by Gasteiger charge is -2.33. The quantitative estimate of drug-likeness (QED) is 0.738. The molecule has 0 bridgehead atoms. The Morgan fingerprint density at radius 1 is 1.36 bits per heavy atom. The van der Waals surface area contributed by atoms with Crippen molar-refractivity contribution in [1.29, 1.82) is 0 Å². The Kier molecular flexibility index (Phi) is 2.52. The van der Waals surface area contributed by atoms with Crippen molar-refractivity contribution in [3.63, 3.8) is 0 Å². The first-order valence-electron chi connectivity index (χ1n) is 4.89. The van der Waals surface area contributed by atoms with Crippen molar-refractivity contribution in [1.82, 2.24) is 0 Å². The largest absolute Gasteiger partial charge is 0.329 e. The van der Waals surface area contributed by atoms with Crippen LogP contribution in [-0.2, 0) is 12.8 Å². The maximum absolute atomic E-state index is 6.16. The predicted octanol–water partition coefficient (Wildman–Crippen LogP) is 1.48. The van der Waals surface area contributed by atoms with Crippen LogP contribution in [0.3, 0.4) is 0 Å². The van der Waals surface area contributed by atoms with E-state index < -0.39 is 0 Å². The molecule has 0 saturated heterocycles. The molecule has 2 nitrogen and oxygen atoms in total. The lowest BCUT2D eigenvalue weighted by molar-refractivity contribution is 0.382. The van der Waals surface area contributed by atoms with Gasteiger partial charge >= 0.3 is 0 Å². The van der Waals surface area contributed by atoms with E-state index in [4.69, 9.17) is 23.1 Å². The maximum atomic E-state index is 6.16. The average Bonchev–Trinajstić information content (AvgIpc) is 2.17. The van der Waals surface area contributed by atoms with Gasteiger partial charge in [-0.2, -0.15) is 0 Å². The lowest BCUT2D eigenvalue weighted by Crippen LogP contribution is -2.51. The summed E-state index contributed by atoms with van der Waals surface area (Å²) >= 11 is 5.94. The first-order chi connectivity index (χ1) is 6.63. The van der Waals surface area contributed by atoms with Crippen molar-refractivity contribution in [3.05, 3.63) is 34.3 Å². The molecule has 0 saturated carbocycles. The number of rotatable bonds is 1. The van der Waals surface area contributed by atoms with E-state index in [0.717, 1.165) is 24.3 Å². The van der Waals surface area contributed by atoms with Gasteiger partial charge in [0.1, 0.15) is 0 Å². The van der Waals surface area contributed by atoms with E-state index in [1.165, 1.54) is 11.1 Å². The molecule has 0 aromatic heterocycles. The molecule has 1 atom stereocenters. The third kappa shape index (κ3) is 1.78. The predicted molar refractivity (Wildman–Crippen MR) is 59.4 cm³/mol. The van der Waals surface area contributed by atoms with Gasteiger partial charge in [0, 0.05) is 17.1 Å². The molecule has 0 heterocycles. The second-order valence-electron chi connectivity index (χ2n) is 4.16. The standard InChI is InChI=1S/C11H15ClN2/c12-10-2-1-8-3-4-11(14,7-13)6-9(8)5-10/h1-2,5H,3-4,6-7,13-14H2. The lowest BCUT2D eigenvalue weighted by atomic mass is 9.79. The Balaban J connectivity index is 2.33. The Morgan fingerprint density at radius 2 is 2.14 bits per heavy atom. The molecule has 0 fully saturated rings. The van der Waals surface area contributed by atoms with E-state index in [-0.39, 0.29) is 5.54 Å². The van der Waals surface area contributed by atoms with Crippen molar-refractivity contribution >= 4 is 11.6 Å². The molecule has 1 aliphatic rings. The van der Waals surface area contributed by atoms with Crippen LogP contribution in [0.15, 0.2) is 18.2 Å². The molecule has 1 aliphatic carbocycles. The summed E-state index contributed by atoms with van der Waals surface area (Å²) in [6.07, 6.45) is 2.83. The second-order valence-corrected chi connectivity index (χ2v) is 4.59. The van der Waals surface area contributed by atoms with E-state index in [2.05, 4.69) is 6.07 Å². The molecule has 1 aromatic carbocycles. The summed E-state index contributed by atoms with van der Waals surface area (Å²) in [6, 6.07) is 6.04. The number of hydrogen-bond acceptors (Lipinski definition) is 2. The van der Waals surface area contributed by atoms with Gasteiger partial charge in [-0.25, -0.2) is 0 Å². The Bertz CT molecular complexity index is 351. The fourth-order valence-corrected chi connectivity index (χ4v) is 2.22. The van der Waals surface area contributed by atoms with Crippen LogP contribution in [0, 0.1) is 0 Å². The average molecular weight is 211 g/mol. The van der Waals surface area contributed by atoms with Gasteiger partial charge in [0.15, 0.2) is 0 Å². The van der Waals surface area contributed by atoms with Crippen LogP contribution in [0.2, 0.25) is 5.02 Å². The summed E-state index contributed by atoms with van der Waals surface area (Å²) in [5, 5.41) is 0.782. The zero-order valence-corrected chi connectivity index (χ0v) is 8.85. The van der Waals surface area contributed by atoms with E-state index in [9.17, 15) is 0 Å².